The summed E-state index contributed by atoms with van der Waals surface area (Å²) in [6, 6.07) is 0. The summed E-state index contributed by atoms with van der Waals surface area (Å²) in [4.78, 5) is 0. The van der Waals surface area contributed by atoms with Gasteiger partial charge < -0.3 is 5.11 Å². The van der Waals surface area contributed by atoms with Crippen LogP contribution in [0.15, 0.2) is 12.2 Å². The molecule has 0 radical (unpaired) electrons. The van der Waals surface area contributed by atoms with Gasteiger partial charge in [0.15, 0.2) is 0 Å². The summed E-state index contributed by atoms with van der Waals surface area (Å²) in [5, 5.41) is 9.63. The third kappa shape index (κ3) is 0.652. The molecule has 0 amide bonds. The van der Waals surface area contributed by atoms with Gasteiger partial charge >= 0.3 is 0 Å². The Balaban J connectivity index is 1.96. The minimum atomic E-state index is -0.102. The lowest BCUT2D eigenvalue weighted by Crippen LogP contribution is -2.25. The topological polar surface area (TPSA) is 20.2 Å². The van der Waals surface area contributed by atoms with Crippen molar-refractivity contribution in [1.29, 1.82) is 0 Å². The summed E-state index contributed by atoms with van der Waals surface area (Å²) >= 11 is 0. The van der Waals surface area contributed by atoms with Crippen molar-refractivity contribution in [1.82, 2.24) is 0 Å². The Bertz CT molecular complexity index is 209. The number of hydrogen-bond donors (Lipinski definition) is 1. The Morgan fingerprint density at radius 1 is 1.09 bits per heavy atom. The first-order valence-electron chi connectivity index (χ1n) is 4.72. The quantitative estimate of drug-likeness (QED) is 0.520. The SMILES string of the molecule is O[C@@H]1C=C[C@@H]2[C@@H]3CC[C@@H](C3)[C@H]21. The van der Waals surface area contributed by atoms with Crippen LogP contribution in [0, 0.1) is 23.7 Å². The average molecular weight is 150 g/mol. The Kier molecular flexibility index (Phi) is 1.07. The van der Waals surface area contributed by atoms with Gasteiger partial charge in [-0.05, 0) is 42.9 Å². The normalized spacial score (nSPS) is 58.8. The molecule has 0 spiro atoms. The molecule has 0 aromatic rings. The first-order chi connectivity index (χ1) is 5.36. The molecule has 0 unspecified atom stereocenters. The zero-order chi connectivity index (χ0) is 7.42. The standard InChI is InChI=1S/C10H14O/c11-9-4-3-8-6-1-2-7(5-6)10(8)9/h3-4,6-11H,1-2,5H2/t6-,7+,8-,9-,10-/m1/s1. The predicted octanol–water partition coefficient (Wildman–Crippen LogP) is 1.58. The van der Waals surface area contributed by atoms with Crippen molar-refractivity contribution >= 4 is 0 Å². The summed E-state index contributed by atoms with van der Waals surface area (Å²) in [5.41, 5.74) is 0. The highest BCUT2D eigenvalue weighted by atomic mass is 16.3. The van der Waals surface area contributed by atoms with Crippen molar-refractivity contribution in [3.63, 3.8) is 0 Å². The van der Waals surface area contributed by atoms with E-state index >= 15 is 0 Å². The molecular formula is C10H14O. The smallest absolute Gasteiger partial charge is 0.0757 e. The Labute approximate surface area is 67.1 Å². The number of allylic oxidation sites excluding steroid dienone is 1. The number of aliphatic hydroxyl groups is 1. The van der Waals surface area contributed by atoms with E-state index in [0.29, 0.717) is 5.92 Å². The highest BCUT2D eigenvalue weighted by molar-refractivity contribution is 5.16. The van der Waals surface area contributed by atoms with Gasteiger partial charge in [0.05, 0.1) is 6.10 Å². The van der Waals surface area contributed by atoms with Gasteiger partial charge in [-0.3, -0.25) is 0 Å². The molecule has 0 aromatic heterocycles. The Morgan fingerprint density at radius 3 is 2.73 bits per heavy atom. The molecule has 0 saturated heterocycles. The van der Waals surface area contributed by atoms with Crippen LogP contribution in [0.5, 0.6) is 0 Å². The zero-order valence-corrected chi connectivity index (χ0v) is 6.61. The number of rotatable bonds is 0. The van der Waals surface area contributed by atoms with Gasteiger partial charge in [-0.2, -0.15) is 0 Å². The van der Waals surface area contributed by atoms with Gasteiger partial charge in [-0.25, -0.2) is 0 Å². The second-order valence-electron chi connectivity index (χ2n) is 4.36. The minimum absolute atomic E-state index is 0.102. The third-order valence-electron chi connectivity index (χ3n) is 3.97. The van der Waals surface area contributed by atoms with E-state index in [-0.39, 0.29) is 6.10 Å². The molecule has 3 aliphatic rings. The van der Waals surface area contributed by atoms with E-state index in [9.17, 15) is 5.11 Å². The van der Waals surface area contributed by atoms with Crippen molar-refractivity contribution < 1.29 is 5.11 Å². The van der Waals surface area contributed by atoms with Gasteiger partial charge in [0.1, 0.15) is 0 Å². The second kappa shape index (κ2) is 1.89. The number of hydrogen-bond acceptors (Lipinski definition) is 1. The molecule has 60 valence electrons. The molecule has 1 heteroatoms. The van der Waals surface area contributed by atoms with Crippen LogP contribution >= 0.6 is 0 Å². The maximum absolute atomic E-state index is 9.63. The van der Waals surface area contributed by atoms with Crippen LogP contribution in [0.4, 0.5) is 0 Å². The van der Waals surface area contributed by atoms with Gasteiger partial charge in [0.2, 0.25) is 0 Å². The van der Waals surface area contributed by atoms with Crippen LogP contribution in [0.25, 0.3) is 0 Å². The van der Waals surface area contributed by atoms with E-state index in [4.69, 9.17) is 0 Å². The summed E-state index contributed by atoms with van der Waals surface area (Å²) in [7, 11) is 0. The Morgan fingerprint density at radius 2 is 1.91 bits per heavy atom. The van der Waals surface area contributed by atoms with Crippen LogP contribution in [0.2, 0.25) is 0 Å². The van der Waals surface area contributed by atoms with Gasteiger partial charge in [0, 0.05) is 0 Å². The molecule has 11 heavy (non-hydrogen) atoms. The van der Waals surface area contributed by atoms with Gasteiger partial charge in [-0.1, -0.05) is 12.2 Å². The fourth-order valence-electron chi connectivity index (χ4n) is 3.54. The van der Waals surface area contributed by atoms with Crippen molar-refractivity contribution in [3.8, 4) is 0 Å². The summed E-state index contributed by atoms with van der Waals surface area (Å²) < 4.78 is 0. The molecular weight excluding hydrogens is 136 g/mol. The van der Waals surface area contributed by atoms with Crippen LogP contribution in [-0.2, 0) is 0 Å². The minimum Gasteiger partial charge on any atom is -0.389 e. The molecule has 2 fully saturated rings. The first-order valence-corrected chi connectivity index (χ1v) is 4.72. The lowest BCUT2D eigenvalue weighted by atomic mass is 9.80. The van der Waals surface area contributed by atoms with Crippen molar-refractivity contribution in [2.75, 3.05) is 0 Å². The molecule has 3 aliphatic carbocycles. The highest BCUT2D eigenvalue weighted by Gasteiger charge is 2.50. The summed E-state index contributed by atoms with van der Waals surface area (Å²) in [6.45, 7) is 0. The van der Waals surface area contributed by atoms with Crippen LogP contribution < -0.4 is 0 Å². The molecule has 0 aliphatic heterocycles. The monoisotopic (exact) mass is 150 g/mol. The lowest BCUT2D eigenvalue weighted by molar-refractivity contribution is 0.105. The fraction of sp³-hybridized carbons (Fsp3) is 0.800. The van der Waals surface area contributed by atoms with Crippen molar-refractivity contribution in [2.45, 2.75) is 25.4 Å². The predicted molar refractivity (Wildman–Crippen MR) is 43.0 cm³/mol. The largest absolute Gasteiger partial charge is 0.389 e. The number of fused-ring (bicyclic) bond motifs is 5. The first kappa shape index (κ1) is 6.24. The molecule has 1 N–H and O–H groups in total. The molecule has 2 bridgehead atoms. The third-order valence-corrected chi connectivity index (χ3v) is 3.97. The molecule has 1 nitrogen and oxygen atoms in total. The van der Waals surface area contributed by atoms with E-state index in [2.05, 4.69) is 6.08 Å². The van der Waals surface area contributed by atoms with Crippen LogP contribution in [0.1, 0.15) is 19.3 Å². The van der Waals surface area contributed by atoms with Crippen molar-refractivity contribution in [2.24, 2.45) is 23.7 Å². The lowest BCUT2D eigenvalue weighted by Gasteiger charge is -2.26. The maximum Gasteiger partial charge on any atom is 0.0757 e. The van der Waals surface area contributed by atoms with E-state index in [1.807, 2.05) is 6.08 Å². The van der Waals surface area contributed by atoms with E-state index in [1.54, 1.807) is 0 Å². The summed E-state index contributed by atoms with van der Waals surface area (Å²) in [5.74, 6) is 3.16. The fourth-order valence-corrected chi connectivity index (χ4v) is 3.54. The van der Waals surface area contributed by atoms with E-state index < -0.39 is 0 Å². The van der Waals surface area contributed by atoms with Crippen LogP contribution in [0.3, 0.4) is 0 Å². The average Bonchev–Trinajstić information content (AvgIpc) is 2.60. The molecule has 3 rings (SSSR count). The van der Waals surface area contributed by atoms with Crippen LogP contribution in [-0.4, -0.2) is 11.2 Å². The molecule has 0 aromatic carbocycles. The van der Waals surface area contributed by atoms with E-state index in [1.165, 1.54) is 19.3 Å². The zero-order valence-electron chi connectivity index (χ0n) is 6.61. The second-order valence-corrected chi connectivity index (χ2v) is 4.36. The Hall–Kier alpha value is -0.300. The maximum atomic E-state index is 9.63. The van der Waals surface area contributed by atoms with Gasteiger partial charge in [0.25, 0.3) is 0 Å². The molecule has 0 heterocycles. The summed E-state index contributed by atoms with van der Waals surface area (Å²) in [6.07, 6.45) is 8.37. The molecule has 5 atom stereocenters. The highest BCUT2D eigenvalue weighted by Crippen LogP contribution is 2.56. The van der Waals surface area contributed by atoms with Gasteiger partial charge in [-0.15, -0.1) is 0 Å². The van der Waals surface area contributed by atoms with Crippen molar-refractivity contribution in [3.05, 3.63) is 12.2 Å². The molecule has 2 saturated carbocycles. The van der Waals surface area contributed by atoms with E-state index in [0.717, 1.165) is 17.8 Å². The number of aliphatic hydroxyl groups excluding tert-OH is 1.